The molecule has 120 valence electrons. The summed E-state index contributed by atoms with van der Waals surface area (Å²) in [5, 5.41) is 9.15. The highest BCUT2D eigenvalue weighted by molar-refractivity contribution is 5.94. The Labute approximate surface area is 131 Å². The number of pyridine rings is 1. The molecule has 0 spiro atoms. The Kier molecular flexibility index (Phi) is 4.93. The quantitative estimate of drug-likeness (QED) is 0.876. The summed E-state index contributed by atoms with van der Waals surface area (Å²) in [6.45, 7) is 0.392. The zero-order chi connectivity index (χ0) is 15.4. The van der Waals surface area contributed by atoms with E-state index in [1.807, 2.05) is 0 Å². The van der Waals surface area contributed by atoms with E-state index in [-0.39, 0.29) is 24.7 Å². The second kappa shape index (κ2) is 7.09. The fraction of sp³-hybridized carbons (Fsp3) is 0.647. The Morgan fingerprint density at radius 2 is 2.05 bits per heavy atom. The zero-order valence-electron chi connectivity index (χ0n) is 12.9. The summed E-state index contributed by atoms with van der Waals surface area (Å²) in [6.07, 6.45) is 9.74. The maximum Gasteiger partial charge on any atom is 0.254 e. The van der Waals surface area contributed by atoms with Gasteiger partial charge in [0.1, 0.15) is 6.10 Å². The van der Waals surface area contributed by atoms with Gasteiger partial charge in [0.05, 0.1) is 6.61 Å². The lowest BCUT2D eigenvalue weighted by Crippen LogP contribution is -2.35. The van der Waals surface area contributed by atoms with Crippen molar-refractivity contribution in [2.75, 3.05) is 13.2 Å². The minimum absolute atomic E-state index is 0.00124. The van der Waals surface area contributed by atoms with Crippen LogP contribution in [0.15, 0.2) is 18.3 Å². The van der Waals surface area contributed by atoms with Gasteiger partial charge in [-0.2, -0.15) is 0 Å². The average Bonchev–Trinajstić information content (AvgIpc) is 3.38. The summed E-state index contributed by atoms with van der Waals surface area (Å²) in [5.74, 6) is 0.505. The molecule has 5 heteroatoms. The third-order valence-corrected chi connectivity index (χ3v) is 4.41. The predicted molar refractivity (Wildman–Crippen MR) is 82.9 cm³/mol. The Balaban J connectivity index is 1.68. The Bertz CT molecular complexity index is 510. The van der Waals surface area contributed by atoms with Gasteiger partial charge in [0.2, 0.25) is 5.88 Å². The van der Waals surface area contributed by atoms with Crippen LogP contribution in [0.3, 0.4) is 0 Å². The monoisotopic (exact) mass is 304 g/mol. The van der Waals surface area contributed by atoms with Gasteiger partial charge in [-0.3, -0.25) is 4.79 Å². The van der Waals surface area contributed by atoms with E-state index in [1.165, 1.54) is 19.3 Å². The highest BCUT2D eigenvalue weighted by Crippen LogP contribution is 2.28. The maximum atomic E-state index is 12.6. The molecule has 1 aromatic heterocycles. The Morgan fingerprint density at radius 3 is 2.73 bits per heavy atom. The largest absolute Gasteiger partial charge is 0.474 e. The first-order valence-electron chi connectivity index (χ1n) is 8.32. The first-order chi connectivity index (χ1) is 10.8. The molecule has 1 heterocycles. The summed E-state index contributed by atoms with van der Waals surface area (Å²) in [5.41, 5.74) is 0.598. The van der Waals surface area contributed by atoms with Crippen LogP contribution >= 0.6 is 0 Å². The molecule has 1 N–H and O–H groups in total. The van der Waals surface area contributed by atoms with Crippen molar-refractivity contribution in [3.63, 3.8) is 0 Å². The fourth-order valence-corrected chi connectivity index (χ4v) is 3.07. The molecule has 1 amide bonds. The summed E-state index contributed by atoms with van der Waals surface area (Å²) in [7, 11) is 0. The number of hydrogen-bond donors (Lipinski definition) is 1. The third-order valence-electron chi connectivity index (χ3n) is 4.41. The summed E-state index contributed by atoms with van der Waals surface area (Å²) in [6, 6.07) is 3.75. The maximum absolute atomic E-state index is 12.6. The molecule has 0 aliphatic heterocycles. The van der Waals surface area contributed by atoms with Crippen molar-refractivity contribution in [1.82, 2.24) is 9.88 Å². The number of ether oxygens (including phenoxy) is 1. The van der Waals surface area contributed by atoms with Gasteiger partial charge in [0.15, 0.2) is 0 Å². The number of amides is 1. The molecule has 2 aliphatic rings. The van der Waals surface area contributed by atoms with Gasteiger partial charge in [-0.25, -0.2) is 4.98 Å². The minimum atomic E-state index is -0.0348. The summed E-state index contributed by atoms with van der Waals surface area (Å²) >= 11 is 0. The van der Waals surface area contributed by atoms with Gasteiger partial charge >= 0.3 is 0 Å². The van der Waals surface area contributed by atoms with E-state index in [0.29, 0.717) is 18.0 Å². The van der Waals surface area contributed by atoms with Gasteiger partial charge in [0, 0.05) is 30.4 Å². The van der Waals surface area contributed by atoms with Crippen molar-refractivity contribution in [2.24, 2.45) is 0 Å². The number of carbonyl (C=O) groups is 1. The Morgan fingerprint density at radius 1 is 1.27 bits per heavy atom. The van der Waals surface area contributed by atoms with Gasteiger partial charge in [-0.15, -0.1) is 0 Å². The molecule has 0 bridgehead atoms. The van der Waals surface area contributed by atoms with Gasteiger partial charge < -0.3 is 14.7 Å². The highest BCUT2D eigenvalue weighted by atomic mass is 16.5. The van der Waals surface area contributed by atoms with Crippen LogP contribution in [0.5, 0.6) is 5.88 Å². The topological polar surface area (TPSA) is 62.7 Å². The van der Waals surface area contributed by atoms with Crippen LogP contribution in [-0.2, 0) is 0 Å². The Hall–Kier alpha value is -1.62. The standard InChI is InChI=1S/C17H24N2O3/c20-11-10-19(14-6-7-14)17(21)13-8-9-18-16(12-13)22-15-4-2-1-3-5-15/h8-9,12,14-15,20H,1-7,10-11H2. The number of carbonyl (C=O) groups excluding carboxylic acids is 1. The molecule has 3 rings (SSSR count). The van der Waals surface area contributed by atoms with E-state index in [9.17, 15) is 4.79 Å². The van der Waals surface area contributed by atoms with E-state index >= 15 is 0 Å². The lowest BCUT2D eigenvalue weighted by molar-refractivity contribution is 0.0706. The SMILES string of the molecule is O=C(c1ccnc(OC2CCCCC2)c1)N(CCO)C1CC1. The molecule has 0 radical (unpaired) electrons. The van der Waals surface area contributed by atoms with E-state index in [2.05, 4.69) is 4.98 Å². The van der Waals surface area contributed by atoms with Crippen LogP contribution in [0.1, 0.15) is 55.3 Å². The van der Waals surface area contributed by atoms with Gasteiger partial charge in [0.25, 0.3) is 5.91 Å². The zero-order valence-corrected chi connectivity index (χ0v) is 12.9. The average molecular weight is 304 g/mol. The van der Waals surface area contributed by atoms with Crippen LogP contribution in [0.2, 0.25) is 0 Å². The molecule has 2 saturated carbocycles. The van der Waals surface area contributed by atoms with Crippen LogP contribution in [-0.4, -0.2) is 46.2 Å². The van der Waals surface area contributed by atoms with Crippen molar-refractivity contribution in [3.8, 4) is 5.88 Å². The van der Waals surface area contributed by atoms with E-state index in [0.717, 1.165) is 25.7 Å². The lowest BCUT2D eigenvalue weighted by atomic mass is 9.98. The fourth-order valence-electron chi connectivity index (χ4n) is 3.07. The summed E-state index contributed by atoms with van der Waals surface area (Å²) < 4.78 is 5.93. The molecule has 22 heavy (non-hydrogen) atoms. The molecular formula is C17H24N2O3. The van der Waals surface area contributed by atoms with E-state index in [4.69, 9.17) is 9.84 Å². The van der Waals surface area contributed by atoms with Crippen molar-refractivity contribution in [1.29, 1.82) is 0 Å². The van der Waals surface area contributed by atoms with Crippen LogP contribution in [0, 0.1) is 0 Å². The van der Waals surface area contributed by atoms with E-state index < -0.39 is 0 Å². The number of rotatable bonds is 6. The molecule has 5 nitrogen and oxygen atoms in total. The molecular weight excluding hydrogens is 280 g/mol. The van der Waals surface area contributed by atoms with Gasteiger partial charge in [-0.05, 0) is 44.6 Å². The number of aromatic nitrogens is 1. The number of hydrogen-bond acceptors (Lipinski definition) is 4. The van der Waals surface area contributed by atoms with Crippen molar-refractivity contribution >= 4 is 5.91 Å². The van der Waals surface area contributed by atoms with Crippen LogP contribution in [0.25, 0.3) is 0 Å². The van der Waals surface area contributed by atoms with Gasteiger partial charge in [-0.1, -0.05) is 6.42 Å². The van der Waals surface area contributed by atoms with Crippen LogP contribution in [0.4, 0.5) is 0 Å². The van der Waals surface area contributed by atoms with Crippen molar-refractivity contribution in [2.45, 2.75) is 57.1 Å². The molecule has 0 saturated heterocycles. The summed E-state index contributed by atoms with van der Waals surface area (Å²) in [4.78, 5) is 18.6. The molecule has 2 aliphatic carbocycles. The normalized spacial score (nSPS) is 19.0. The second-order valence-electron chi connectivity index (χ2n) is 6.21. The van der Waals surface area contributed by atoms with Crippen molar-refractivity contribution in [3.05, 3.63) is 23.9 Å². The number of aliphatic hydroxyl groups excluding tert-OH is 1. The predicted octanol–water partition coefficient (Wildman–Crippen LogP) is 2.39. The molecule has 1 aromatic rings. The van der Waals surface area contributed by atoms with Crippen molar-refractivity contribution < 1.29 is 14.6 Å². The number of aliphatic hydroxyl groups is 1. The molecule has 0 unspecified atom stereocenters. The number of nitrogens with zero attached hydrogens (tertiary/aromatic N) is 2. The third kappa shape index (κ3) is 3.77. The molecule has 0 atom stereocenters. The lowest BCUT2D eigenvalue weighted by Gasteiger charge is -2.23. The molecule has 2 fully saturated rings. The minimum Gasteiger partial charge on any atom is -0.474 e. The smallest absolute Gasteiger partial charge is 0.254 e. The second-order valence-corrected chi connectivity index (χ2v) is 6.21. The first kappa shape index (κ1) is 15.3. The first-order valence-corrected chi connectivity index (χ1v) is 8.32. The van der Waals surface area contributed by atoms with E-state index in [1.54, 1.807) is 23.2 Å². The van der Waals surface area contributed by atoms with Crippen LogP contribution < -0.4 is 4.74 Å². The molecule has 0 aromatic carbocycles. The highest BCUT2D eigenvalue weighted by Gasteiger charge is 2.32.